The largest absolute Gasteiger partial charge is 0.324 e. The van der Waals surface area contributed by atoms with E-state index < -0.39 is 0 Å². The Hall–Kier alpha value is -4.16. The Morgan fingerprint density at radius 2 is 2.00 bits per heavy atom. The molecule has 12 heteroatoms. The lowest BCUT2D eigenvalue weighted by atomic mass is 10.1. The lowest BCUT2D eigenvalue weighted by Crippen LogP contribution is -2.38. The van der Waals surface area contributed by atoms with Gasteiger partial charge in [-0.05, 0) is 45.1 Å². The van der Waals surface area contributed by atoms with Crippen molar-refractivity contribution in [3.8, 4) is 11.3 Å². The molecule has 6 heterocycles. The Labute approximate surface area is 231 Å². The van der Waals surface area contributed by atoms with E-state index in [9.17, 15) is 9.59 Å². The number of hydrogen-bond donors (Lipinski definition) is 3. The van der Waals surface area contributed by atoms with Gasteiger partial charge in [0.15, 0.2) is 0 Å². The van der Waals surface area contributed by atoms with Crippen molar-refractivity contribution in [3.05, 3.63) is 54.0 Å². The summed E-state index contributed by atoms with van der Waals surface area (Å²) in [6.45, 7) is 6.92. The molecular weight excluding hydrogens is 508 g/mol. The maximum absolute atomic E-state index is 13.3. The molecule has 0 aromatic carbocycles. The molecule has 0 spiro atoms. The fourth-order valence-corrected chi connectivity index (χ4v) is 6.36. The maximum atomic E-state index is 13.3. The number of aryl methyl sites for hydroxylation is 1. The summed E-state index contributed by atoms with van der Waals surface area (Å²) in [5.41, 5.74) is 5.47. The molecule has 2 fully saturated rings. The van der Waals surface area contributed by atoms with Gasteiger partial charge in [0.05, 0.1) is 83.1 Å². The molecule has 2 aliphatic heterocycles. The van der Waals surface area contributed by atoms with Crippen LogP contribution in [0.15, 0.2) is 37.1 Å². The van der Waals surface area contributed by atoms with Gasteiger partial charge >= 0.3 is 0 Å². The highest BCUT2D eigenvalue weighted by Gasteiger charge is 2.38. The van der Waals surface area contributed by atoms with Gasteiger partial charge in [0.25, 0.3) is 5.91 Å². The summed E-state index contributed by atoms with van der Waals surface area (Å²) >= 11 is 0. The van der Waals surface area contributed by atoms with E-state index in [1.54, 1.807) is 23.0 Å². The van der Waals surface area contributed by atoms with Crippen LogP contribution in [0.3, 0.4) is 0 Å². The lowest BCUT2D eigenvalue weighted by Gasteiger charge is -2.25. The van der Waals surface area contributed by atoms with Crippen molar-refractivity contribution >= 4 is 28.7 Å². The SMILES string of the molecule is Cc1ncc(NC(=O)CN2C[C@@H]3CC[C@H]2C3)cc1NC(=O)c1cnn2cc(-c3cnn4c3CNCC4C)ncc12. The van der Waals surface area contributed by atoms with Crippen molar-refractivity contribution in [2.45, 2.75) is 51.7 Å². The van der Waals surface area contributed by atoms with E-state index in [0.717, 1.165) is 42.5 Å². The predicted octanol–water partition coefficient (Wildman–Crippen LogP) is 2.64. The van der Waals surface area contributed by atoms with Crippen LogP contribution in [0.2, 0.25) is 0 Å². The average Bonchev–Trinajstić information content (AvgIpc) is 3.74. The van der Waals surface area contributed by atoms with Crippen LogP contribution in [0, 0.1) is 12.8 Å². The van der Waals surface area contributed by atoms with Gasteiger partial charge in [0.2, 0.25) is 5.91 Å². The minimum atomic E-state index is -0.327. The zero-order chi connectivity index (χ0) is 27.4. The molecule has 4 aromatic heterocycles. The first-order valence-corrected chi connectivity index (χ1v) is 13.9. The summed E-state index contributed by atoms with van der Waals surface area (Å²) in [5, 5.41) is 18.3. The average molecular weight is 541 g/mol. The number of fused-ring (bicyclic) bond motifs is 4. The van der Waals surface area contributed by atoms with Crippen molar-refractivity contribution in [2.75, 3.05) is 30.3 Å². The maximum Gasteiger partial charge on any atom is 0.259 e. The molecule has 2 amide bonds. The molecule has 0 radical (unpaired) electrons. The second-order valence-corrected chi connectivity index (χ2v) is 11.2. The van der Waals surface area contributed by atoms with Crippen molar-refractivity contribution in [1.29, 1.82) is 0 Å². The normalized spacial score (nSPS) is 22.0. The van der Waals surface area contributed by atoms with Gasteiger partial charge in [0.1, 0.15) is 0 Å². The lowest BCUT2D eigenvalue weighted by molar-refractivity contribution is -0.117. The molecule has 3 aliphatic rings. The predicted molar refractivity (Wildman–Crippen MR) is 149 cm³/mol. The summed E-state index contributed by atoms with van der Waals surface area (Å²) in [6.07, 6.45) is 12.1. The Morgan fingerprint density at radius 1 is 1.10 bits per heavy atom. The van der Waals surface area contributed by atoms with E-state index in [-0.39, 0.29) is 17.9 Å². The minimum Gasteiger partial charge on any atom is -0.324 e. The number of nitrogens with one attached hydrogen (secondary N) is 3. The number of carbonyl (C=O) groups is 2. The fourth-order valence-electron chi connectivity index (χ4n) is 6.36. The highest BCUT2D eigenvalue weighted by atomic mass is 16.2. The quantitative estimate of drug-likeness (QED) is 0.340. The van der Waals surface area contributed by atoms with Crippen molar-refractivity contribution in [3.63, 3.8) is 0 Å². The molecule has 12 nitrogen and oxygen atoms in total. The molecule has 2 bridgehead atoms. The van der Waals surface area contributed by atoms with Crippen LogP contribution in [0.25, 0.3) is 16.8 Å². The van der Waals surface area contributed by atoms with E-state index >= 15 is 0 Å². The molecule has 40 heavy (non-hydrogen) atoms. The summed E-state index contributed by atoms with van der Waals surface area (Å²) in [4.78, 5) is 37.3. The molecule has 3 atom stereocenters. The number of aromatic nitrogens is 6. The van der Waals surface area contributed by atoms with Crippen LogP contribution in [0.4, 0.5) is 11.4 Å². The van der Waals surface area contributed by atoms with E-state index in [2.05, 4.69) is 47.9 Å². The molecule has 4 aromatic rings. The van der Waals surface area contributed by atoms with Gasteiger partial charge in [-0.25, -0.2) is 4.52 Å². The number of nitrogens with zero attached hydrogens (tertiary/aromatic N) is 7. The third-order valence-corrected chi connectivity index (χ3v) is 8.46. The fraction of sp³-hybridized carbons (Fsp3) is 0.429. The van der Waals surface area contributed by atoms with Gasteiger partial charge in [-0.15, -0.1) is 0 Å². The zero-order valence-corrected chi connectivity index (χ0v) is 22.6. The third kappa shape index (κ3) is 4.42. The minimum absolute atomic E-state index is 0.0649. The number of pyridine rings is 1. The van der Waals surface area contributed by atoms with Crippen LogP contribution in [0.5, 0.6) is 0 Å². The second-order valence-electron chi connectivity index (χ2n) is 11.2. The number of piperidine rings is 1. The van der Waals surface area contributed by atoms with E-state index in [4.69, 9.17) is 0 Å². The van der Waals surface area contributed by atoms with Crippen molar-refractivity contribution < 1.29 is 9.59 Å². The van der Waals surface area contributed by atoms with Gasteiger partial charge in [0, 0.05) is 31.2 Å². The monoisotopic (exact) mass is 540 g/mol. The Bertz CT molecular complexity index is 1620. The second kappa shape index (κ2) is 9.79. The van der Waals surface area contributed by atoms with Crippen molar-refractivity contribution in [2.24, 2.45) is 5.92 Å². The molecule has 1 aliphatic carbocycles. The zero-order valence-electron chi connectivity index (χ0n) is 22.6. The summed E-state index contributed by atoms with van der Waals surface area (Å²) in [6, 6.07) is 2.55. The van der Waals surface area contributed by atoms with Crippen LogP contribution >= 0.6 is 0 Å². The first kappa shape index (κ1) is 24.9. The van der Waals surface area contributed by atoms with E-state index in [1.165, 1.54) is 25.5 Å². The van der Waals surface area contributed by atoms with Crippen LogP contribution < -0.4 is 16.0 Å². The van der Waals surface area contributed by atoms with Crippen LogP contribution in [-0.4, -0.2) is 71.8 Å². The topological polar surface area (TPSA) is 134 Å². The number of hydrogen-bond acceptors (Lipinski definition) is 8. The first-order chi connectivity index (χ1) is 19.4. The Balaban J connectivity index is 1.06. The van der Waals surface area contributed by atoms with Gasteiger partial charge in [-0.2, -0.15) is 10.2 Å². The molecule has 3 N–H and O–H groups in total. The highest BCUT2D eigenvalue weighted by molar-refractivity contribution is 6.09. The van der Waals surface area contributed by atoms with Gasteiger partial charge < -0.3 is 16.0 Å². The molecule has 7 rings (SSSR count). The number of anilines is 2. The number of amides is 2. The van der Waals surface area contributed by atoms with E-state index in [0.29, 0.717) is 40.7 Å². The molecule has 1 unspecified atom stereocenters. The summed E-state index contributed by atoms with van der Waals surface area (Å²) < 4.78 is 3.69. The number of rotatable bonds is 6. The third-order valence-electron chi connectivity index (χ3n) is 8.46. The summed E-state index contributed by atoms with van der Waals surface area (Å²) in [5.74, 6) is 0.344. The Morgan fingerprint density at radius 3 is 2.83 bits per heavy atom. The van der Waals surface area contributed by atoms with Crippen LogP contribution in [0.1, 0.15) is 54.0 Å². The highest BCUT2D eigenvalue weighted by Crippen LogP contribution is 2.37. The standard InChI is InChI=1S/C28H32N10O2/c1-16-7-29-11-26-21(9-33-38(16)26)24-14-37-25(12-31-24)22(10-32-37)28(40)35-23-6-19(8-30-17(23)2)34-27(39)15-36-13-18-3-4-20(36)5-18/h6,8-10,12,14,16,18,20,29H,3-5,7,11,13,15H2,1-2H3,(H,34,39)(H,35,40)/t16?,18-,20+/m1/s1. The van der Waals surface area contributed by atoms with Crippen molar-refractivity contribution in [1.82, 2.24) is 39.6 Å². The smallest absolute Gasteiger partial charge is 0.259 e. The van der Waals surface area contributed by atoms with Gasteiger partial charge in [-0.1, -0.05) is 0 Å². The van der Waals surface area contributed by atoms with E-state index in [1.807, 2.05) is 24.0 Å². The summed E-state index contributed by atoms with van der Waals surface area (Å²) in [7, 11) is 0. The molecule has 206 valence electrons. The van der Waals surface area contributed by atoms with Crippen LogP contribution in [-0.2, 0) is 11.3 Å². The number of carbonyl (C=O) groups excluding carboxylic acids is 2. The molecule has 1 saturated carbocycles. The van der Waals surface area contributed by atoms with Gasteiger partial charge in [-0.3, -0.25) is 29.1 Å². The first-order valence-electron chi connectivity index (χ1n) is 13.9. The molecule has 1 saturated heterocycles. The molecular formula is C28H32N10O2. The number of likely N-dealkylation sites (tertiary alicyclic amines) is 1. The Kier molecular flexibility index (Phi) is 6.08.